The van der Waals surface area contributed by atoms with E-state index in [0.29, 0.717) is 4.90 Å². The number of carbonyl (C=O) groups excluding carboxylic acids is 2. The van der Waals surface area contributed by atoms with Gasteiger partial charge in [-0.3, -0.25) is 9.59 Å². The van der Waals surface area contributed by atoms with Gasteiger partial charge in [0.05, 0.1) is 12.1 Å². The molecule has 0 heterocycles. The Balaban J connectivity index is 2.97. The maximum absolute atomic E-state index is 11.5. The molecule has 5 nitrogen and oxygen atoms in total. The van der Waals surface area contributed by atoms with Crippen molar-refractivity contribution >= 4 is 23.5 Å². The molecule has 0 atom stereocenters. The minimum Gasteiger partial charge on any atom is -0.464 e. The van der Waals surface area contributed by atoms with Crippen LogP contribution in [0.25, 0.3) is 0 Å². The SMILES string of the molecule is CC(=O)CC(=O)N(C(=O)O)c1ccccc1. The second-order valence-corrected chi connectivity index (χ2v) is 3.23. The standard InChI is InChI=1S/C11H11NO4/c1-8(13)7-10(14)12(11(15)16)9-5-3-2-4-6-9/h2-6H,7H2,1H3,(H,15,16). The third kappa shape index (κ3) is 2.91. The normalized spacial score (nSPS) is 9.56. The van der Waals surface area contributed by atoms with Crippen molar-refractivity contribution in [3.8, 4) is 0 Å². The molecule has 1 aromatic carbocycles. The molecular weight excluding hydrogens is 210 g/mol. The lowest BCUT2D eigenvalue weighted by Crippen LogP contribution is -2.36. The van der Waals surface area contributed by atoms with Gasteiger partial charge in [-0.15, -0.1) is 0 Å². The highest BCUT2D eigenvalue weighted by molar-refractivity contribution is 6.16. The summed E-state index contributed by atoms with van der Waals surface area (Å²) in [6, 6.07) is 7.93. The van der Waals surface area contributed by atoms with Crippen LogP contribution in [0.3, 0.4) is 0 Å². The maximum atomic E-state index is 11.5. The maximum Gasteiger partial charge on any atom is 0.418 e. The first kappa shape index (κ1) is 11.9. The van der Waals surface area contributed by atoms with Crippen LogP contribution >= 0.6 is 0 Å². The molecule has 0 bridgehead atoms. The Morgan fingerprint density at radius 3 is 2.19 bits per heavy atom. The van der Waals surface area contributed by atoms with Gasteiger partial charge in [0.2, 0.25) is 5.91 Å². The van der Waals surface area contributed by atoms with Crippen molar-refractivity contribution in [2.45, 2.75) is 13.3 Å². The molecule has 0 aromatic heterocycles. The Hall–Kier alpha value is -2.17. The molecule has 1 aromatic rings. The fourth-order valence-electron chi connectivity index (χ4n) is 1.23. The Bertz CT molecular complexity index is 413. The number of carboxylic acid groups (broad SMARTS) is 1. The van der Waals surface area contributed by atoms with Crippen LogP contribution in [0.5, 0.6) is 0 Å². The molecule has 0 saturated heterocycles. The number of anilines is 1. The molecule has 1 rings (SSSR count). The summed E-state index contributed by atoms with van der Waals surface area (Å²) < 4.78 is 0. The molecule has 0 aliphatic heterocycles. The highest BCUT2D eigenvalue weighted by Gasteiger charge is 2.23. The number of Topliss-reactive ketones (excluding diaryl/α,β-unsaturated/α-hetero) is 1. The smallest absolute Gasteiger partial charge is 0.418 e. The Labute approximate surface area is 92.3 Å². The molecular formula is C11H11NO4. The minimum atomic E-state index is -1.39. The number of nitrogens with zero attached hydrogens (tertiary/aromatic N) is 1. The van der Waals surface area contributed by atoms with E-state index in [1.165, 1.54) is 19.1 Å². The van der Waals surface area contributed by atoms with Crippen LogP contribution in [-0.4, -0.2) is 22.9 Å². The third-order valence-electron chi connectivity index (χ3n) is 1.86. The molecule has 0 aliphatic carbocycles. The first-order chi connectivity index (χ1) is 7.52. The van der Waals surface area contributed by atoms with Crippen molar-refractivity contribution < 1.29 is 19.5 Å². The number of amides is 2. The summed E-state index contributed by atoms with van der Waals surface area (Å²) in [5.74, 6) is -1.11. The van der Waals surface area contributed by atoms with Crippen LogP contribution in [-0.2, 0) is 9.59 Å². The zero-order valence-electron chi connectivity index (χ0n) is 8.71. The highest BCUT2D eigenvalue weighted by atomic mass is 16.4. The number of hydrogen-bond donors (Lipinski definition) is 1. The van der Waals surface area contributed by atoms with Crippen LogP contribution < -0.4 is 4.90 Å². The van der Waals surface area contributed by atoms with Crippen LogP contribution in [0.15, 0.2) is 30.3 Å². The lowest BCUT2D eigenvalue weighted by atomic mass is 10.2. The number of rotatable bonds is 3. The van der Waals surface area contributed by atoms with Gasteiger partial charge in [-0.05, 0) is 19.1 Å². The summed E-state index contributed by atoms with van der Waals surface area (Å²) in [5, 5.41) is 8.90. The van der Waals surface area contributed by atoms with Gasteiger partial charge < -0.3 is 5.11 Å². The molecule has 1 N–H and O–H groups in total. The van der Waals surface area contributed by atoms with Gasteiger partial charge in [0.25, 0.3) is 0 Å². The minimum absolute atomic E-state index is 0.237. The number of benzene rings is 1. The summed E-state index contributed by atoms with van der Waals surface area (Å²) in [7, 11) is 0. The number of carbonyl (C=O) groups is 3. The van der Waals surface area contributed by atoms with E-state index in [1.807, 2.05) is 0 Å². The van der Waals surface area contributed by atoms with Crippen molar-refractivity contribution in [3.05, 3.63) is 30.3 Å². The zero-order valence-corrected chi connectivity index (χ0v) is 8.71. The topological polar surface area (TPSA) is 74.7 Å². The third-order valence-corrected chi connectivity index (χ3v) is 1.86. The van der Waals surface area contributed by atoms with Crippen molar-refractivity contribution in [3.63, 3.8) is 0 Å². The van der Waals surface area contributed by atoms with Gasteiger partial charge in [-0.2, -0.15) is 0 Å². The van der Waals surface area contributed by atoms with E-state index in [2.05, 4.69) is 0 Å². The molecule has 5 heteroatoms. The van der Waals surface area contributed by atoms with Gasteiger partial charge in [-0.25, -0.2) is 9.69 Å². The van der Waals surface area contributed by atoms with Gasteiger partial charge in [0, 0.05) is 0 Å². The van der Waals surface area contributed by atoms with E-state index < -0.39 is 18.4 Å². The number of imide groups is 1. The van der Waals surface area contributed by atoms with Crippen LogP contribution in [0, 0.1) is 0 Å². The largest absolute Gasteiger partial charge is 0.464 e. The van der Waals surface area contributed by atoms with E-state index in [4.69, 9.17) is 5.11 Å². The molecule has 84 valence electrons. The van der Waals surface area contributed by atoms with Crippen LogP contribution in [0.2, 0.25) is 0 Å². The van der Waals surface area contributed by atoms with Crippen LogP contribution in [0.4, 0.5) is 10.5 Å². The molecule has 0 unspecified atom stereocenters. The molecule has 2 amide bonds. The summed E-state index contributed by atoms with van der Waals surface area (Å²) in [6.07, 6.45) is -1.81. The Morgan fingerprint density at radius 1 is 1.19 bits per heavy atom. The highest BCUT2D eigenvalue weighted by Crippen LogP contribution is 2.14. The monoisotopic (exact) mass is 221 g/mol. The van der Waals surface area contributed by atoms with Crippen molar-refractivity contribution in [1.82, 2.24) is 0 Å². The number of hydrogen-bond acceptors (Lipinski definition) is 3. The molecule has 16 heavy (non-hydrogen) atoms. The second kappa shape index (κ2) is 5.06. The predicted octanol–water partition coefficient (Wildman–Crippen LogP) is 1.68. The van der Waals surface area contributed by atoms with E-state index in [1.54, 1.807) is 18.2 Å². The van der Waals surface area contributed by atoms with E-state index in [0.717, 1.165) is 0 Å². The Kier molecular flexibility index (Phi) is 3.77. The number of ketones is 1. The summed E-state index contributed by atoms with van der Waals surface area (Å²) in [4.78, 5) is 33.8. The van der Waals surface area contributed by atoms with Gasteiger partial charge >= 0.3 is 6.09 Å². The molecule has 0 radical (unpaired) electrons. The fourth-order valence-corrected chi connectivity index (χ4v) is 1.23. The van der Waals surface area contributed by atoms with E-state index in [9.17, 15) is 14.4 Å². The predicted molar refractivity (Wildman–Crippen MR) is 57.3 cm³/mol. The zero-order chi connectivity index (χ0) is 12.1. The van der Waals surface area contributed by atoms with Gasteiger partial charge in [0.15, 0.2) is 0 Å². The molecule has 0 spiro atoms. The molecule has 0 saturated carbocycles. The summed E-state index contributed by atoms with van der Waals surface area (Å²) in [5.41, 5.74) is 0.237. The fraction of sp³-hybridized carbons (Fsp3) is 0.182. The van der Waals surface area contributed by atoms with Gasteiger partial charge in [0.1, 0.15) is 5.78 Å². The quantitative estimate of drug-likeness (QED) is 0.788. The Morgan fingerprint density at radius 2 is 1.75 bits per heavy atom. The average molecular weight is 221 g/mol. The van der Waals surface area contributed by atoms with Crippen molar-refractivity contribution in [2.24, 2.45) is 0 Å². The first-order valence-corrected chi connectivity index (χ1v) is 4.62. The number of para-hydroxylation sites is 1. The lowest BCUT2D eigenvalue weighted by Gasteiger charge is -2.16. The van der Waals surface area contributed by atoms with E-state index in [-0.39, 0.29) is 11.5 Å². The summed E-state index contributed by atoms with van der Waals surface area (Å²) in [6.45, 7) is 1.24. The molecule has 0 aliphatic rings. The van der Waals surface area contributed by atoms with Crippen molar-refractivity contribution in [1.29, 1.82) is 0 Å². The van der Waals surface area contributed by atoms with E-state index >= 15 is 0 Å². The summed E-state index contributed by atoms with van der Waals surface area (Å²) >= 11 is 0. The second-order valence-electron chi connectivity index (χ2n) is 3.23. The lowest BCUT2D eigenvalue weighted by molar-refractivity contribution is -0.125. The average Bonchev–Trinajstić information content (AvgIpc) is 2.17. The molecule has 0 fully saturated rings. The van der Waals surface area contributed by atoms with Crippen molar-refractivity contribution in [2.75, 3.05) is 4.90 Å². The first-order valence-electron chi connectivity index (χ1n) is 4.62. The van der Waals surface area contributed by atoms with Gasteiger partial charge in [-0.1, -0.05) is 18.2 Å². The van der Waals surface area contributed by atoms with Crippen LogP contribution in [0.1, 0.15) is 13.3 Å².